The molecule has 0 N–H and O–H groups in total. The number of epoxide rings is 1. The number of anilines is 1. The summed E-state index contributed by atoms with van der Waals surface area (Å²) in [5.41, 5.74) is 2.18. The lowest BCUT2D eigenvalue weighted by Gasteiger charge is -2.30. The predicted molar refractivity (Wildman–Crippen MR) is 77.9 cm³/mol. The van der Waals surface area contributed by atoms with Crippen molar-refractivity contribution in [2.24, 2.45) is 0 Å². The van der Waals surface area contributed by atoms with Gasteiger partial charge in [0.25, 0.3) is 5.91 Å². The van der Waals surface area contributed by atoms with Crippen LogP contribution in [0.3, 0.4) is 0 Å². The Labute approximate surface area is 119 Å². The molecule has 2 heterocycles. The Morgan fingerprint density at radius 2 is 2.00 bits per heavy atom. The summed E-state index contributed by atoms with van der Waals surface area (Å²) >= 11 is 0. The third-order valence-electron chi connectivity index (χ3n) is 3.91. The van der Waals surface area contributed by atoms with Crippen molar-refractivity contribution in [2.75, 3.05) is 51.9 Å². The van der Waals surface area contributed by atoms with E-state index in [-0.39, 0.29) is 12.5 Å². The van der Waals surface area contributed by atoms with Crippen LogP contribution in [0.4, 0.5) is 11.4 Å². The van der Waals surface area contributed by atoms with Crippen molar-refractivity contribution in [1.29, 1.82) is 0 Å². The van der Waals surface area contributed by atoms with Crippen molar-refractivity contribution < 1.29 is 14.3 Å². The molecular weight excluding hydrogens is 256 g/mol. The standard InChI is InChI=1S/C15H21N2O3/c1-17(2,9-14-10-20-14)13-5-3-12(4-6-13)16-7-8-19-11-15(16)18/h3-6,14H,7-11H2,1-2H3/q+1. The smallest absolute Gasteiger partial charge is 0.253 e. The number of carbonyl (C=O) groups is 1. The molecule has 3 rings (SSSR count). The van der Waals surface area contributed by atoms with Crippen molar-refractivity contribution in [1.82, 2.24) is 4.48 Å². The number of carbonyl (C=O) groups excluding carboxylic acids is 1. The third kappa shape index (κ3) is 2.85. The Hall–Kier alpha value is -1.43. The van der Waals surface area contributed by atoms with Crippen molar-refractivity contribution in [3.63, 3.8) is 0 Å². The van der Waals surface area contributed by atoms with Gasteiger partial charge in [0, 0.05) is 24.4 Å². The molecule has 2 saturated heterocycles. The lowest BCUT2D eigenvalue weighted by atomic mass is 10.2. The molecule has 1 unspecified atom stereocenters. The number of ether oxygens (including phenoxy) is 2. The summed E-state index contributed by atoms with van der Waals surface area (Å²) in [5.74, 6) is 0.0316. The van der Waals surface area contributed by atoms with Crippen molar-refractivity contribution in [3.05, 3.63) is 24.3 Å². The summed E-state index contributed by atoms with van der Waals surface area (Å²) in [7, 11) is 4.35. The first-order valence-electron chi connectivity index (χ1n) is 6.99. The molecule has 1 aromatic rings. The van der Waals surface area contributed by atoms with E-state index in [0.29, 0.717) is 19.3 Å². The predicted octanol–water partition coefficient (Wildman–Crippen LogP) is 1.02. The second-order valence-corrected chi connectivity index (χ2v) is 5.94. The summed E-state index contributed by atoms with van der Waals surface area (Å²) in [6.07, 6.45) is 0.394. The van der Waals surface area contributed by atoms with Crippen LogP contribution in [-0.2, 0) is 14.3 Å². The highest BCUT2D eigenvalue weighted by Gasteiger charge is 2.33. The van der Waals surface area contributed by atoms with Gasteiger partial charge in [-0.25, -0.2) is 0 Å². The number of morpholine rings is 1. The third-order valence-corrected chi connectivity index (χ3v) is 3.91. The zero-order valence-corrected chi connectivity index (χ0v) is 12.0. The maximum Gasteiger partial charge on any atom is 0.253 e. The van der Waals surface area contributed by atoms with Crippen LogP contribution in [0.2, 0.25) is 0 Å². The molecule has 0 radical (unpaired) electrons. The normalized spacial score (nSPS) is 23.0. The average Bonchev–Trinajstić information content (AvgIpc) is 3.23. The molecule has 1 atom stereocenters. The first-order chi connectivity index (χ1) is 9.56. The van der Waals surface area contributed by atoms with Crippen LogP contribution in [0.5, 0.6) is 0 Å². The number of rotatable bonds is 4. The van der Waals surface area contributed by atoms with Gasteiger partial charge >= 0.3 is 0 Å². The van der Waals surface area contributed by atoms with Gasteiger partial charge in [-0.2, -0.15) is 0 Å². The second kappa shape index (κ2) is 5.16. The van der Waals surface area contributed by atoms with E-state index in [1.807, 2.05) is 12.1 Å². The SMILES string of the molecule is C[N+](C)(CC1CO1)c1ccc(N2CCOCC2=O)cc1. The lowest BCUT2D eigenvalue weighted by Crippen LogP contribution is -2.44. The summed E-state index contributed by atoms with van der Waals surface area (Å²) in [4.78, 5) is 13.6. The Kier molecular flexibility index (Phi) is 3.50. The molecule has 5 heteroatoms. The van der Waals surface area contributed by atoms with Crippen molar-refractivity contribution in [2.45, 2.75) is 6.10 Å². The molecular formula is C15H21N2O3+. The van der Waals surface area contributed by atoms with Crippen LogP contribution >= 0.6 is 0 Å². The van der Waals surface area contributed by atoms with E-state index < -0.39 is 0 Å². The molecule has 0 saturated carbocycles. The lowest BCUT2D eigenvalue weighted by molar-refractivity contribution is -0.125. The average molecular weight is 277 g/mol. The zero-order chi connectivity index (χ0) is 14.2. The Morgan fingerprint density at radius 3 is 2.60 bits per heavy atom. The van der Waals surface area contributed by atoms with Crippen LogP contribution in [0.25, 0.3) is 0 Å². The molecule has 1 amide bonds. The van der Waals surface area contributed by atoms with Gasteiger partial charge in [-0.1, -0.05) is 0 Å². The van der Waals surface area contributed by atoms with Crippen molar-refractivity contribution >= 4 is 17.3 Å². The Morgan fingerprint density at radius 1 is 1.30 bits per heavy atom. The largest absolute Gasteiger partial charge is 0.370 e. The summed E-state index contributed by atoms with van der Waals surface area (Å²) in [6, 6.07) is 8.24. The zero-order valence-electron chi connectivity index (χ0n) is 12.0. The molecule has 20 heavy (non-hydrogen) atoms. The number of amides is 1. The number of hydrogen-bond donors (Lipinski definition) is 0. The van der Waals surface area contributed by atoms with Gasteiger partial charge in [-0.3, -0.25) is 9.28 Å². The first kappa shape index (κ1) is 13.5. The van der Waals surface area contributed by atoms with E-state index in [0.717, 1.165) is 23.3 Å². The van der Waals surface area contributed by atoms with E-state index in [2.05, 4.69) is 26.2 Å². The Bertz CT molecular complexity index is 494. The van der Waals surface area contributed by atoms with E-state index in [4.69, 9.17) is 9.47 Å². The van der Waals surface area contributed by atoms with Crippen molar-refractivity contribution in [3.8, 4) is 0 Å². The van der Waals surface area contributed by atoms with E-state index in [1.54, 1.807) is 4.90 Å². The molecule has 2 fully saturated rings. The van der Waals surface area contributed by atoms with Crippen LogP contribution < -0.4 is 9.38 Å². The molecule has 5 nitrogen and oxygen atoms in total. The minimum Gasteiger partial charge on any atom is -0.370 e. The maximum atomic E-state index is 11.8. The monoisotopic (exact) mass is 277 g/mol. The number of quaternary nitrogens is 1. The fraction of sp³-hybridized carbons (Fsp3) is 0.533. The highest BCUT2D eigenvalue weighted by molar-refractivity contribution is 5.94. The molecule has 1 aromatic carbocycles. The minimum atomic E-state index is 0.0316. The number of benzene rings is 1. The highest BCUT2D eigenvalue weighted by atomic mass is 16.6. The van der Waals surface area contributed by atoms with Crippen LogP contribution in [0.15, 0.2) is 24.3 Å². The molecule has 2 aliphatic heterocycles. The number of likely N-dealkylation sites (N-methyl/N-ethyl adjacent to an activating group) is 1. The molecule has 2 aliphatic rings. The van der Waals surface area contributed by atoms with Gasteiger partial charge in [-0.15, -0.1) is 0 Å². The number of hydrogen-bond acceptors (Lipinski definition) is 3. The van der Waals surface area contributed by atoms with Crippen LogP contribution in [0, 0.1) is 0 Å². The van der Waals surface area contributed by atoms with Crippen LogP contribution in [0.1, 0.15) is 0 Å². The highest BCUT2D eigenvalue weighted by Crippen LogP contribution is 2.26. The van der Waals surface area contributed by atoms with Gasteiger partial charge < -0.3 is 14.4 Å². The first-order valence-corrected chi connectivity index (χ1v) is 6.99. The molecule has 0 aromatic heterocycles. The van der Waals surface area contributed by atoms with Gasteiger partial charge in [0.05, 0.1) is 27.3 Å². The van der Waals surface area contributed by atoms with Gasteiger partial charge in [0.15, 0.2) is 0 Å². The number of nitrogens with zero attached hydrogens (tertiary/aromatic N) is 2. The van der Waals surface area contributed by atoms with E-state index in [1.165, 1.54) is 5.69 Å². The minimum absolute atomic E-state index is 0.0316. The molecule has 108 valence electrons. The maximum absolute atomic E-state index is 11.8. The van der Waals surface area contributed by atoms with Gasteiger partial charge in [0.1, 0.15) is 24.9 Å². The fourth-order valence-corrected chi connectivity index (χ4v) is 2.62. The summed E-state index contributed by atoms with van der Waals surface area (Å²) < 4.78 is 11.3. The van der Waals surface area contributed by atoms with Gasteiger partial charge in [0.2, 0.25) is 0 Å². The molecule has 0 aliphatic carbocycles. The van der Waals surface area contributed by atoms with E-state index >= 15 is 0 Å². The topological polar surface area (TPSA) is 42.1 Å². The summed E-state index contributed by atoms with van der Waals surface area (Å²) in [6.45, 7) is 3.28. The van der Waals surface area contributed by atoms with E-state index in [9.17, 15) is 4.79 Å². The quantitative estimate of drug-likeness (QED) is 0.609. The van der Waals surface area contributed by atoms with Crippen LogP contribution in [-0.4, -0.2) is 59.0 Å². The molecule has 0 bridgehead atoms. The second-order valence-electron chi connectivity index (χ2n) is 5.94. The molecule has 0 spiro atoms. The Balaban J connectivity index is 1.74. The summed E-state index contributed by atoms with van der Waals surface area (Å²) in [5, 5.41) is 0. The fourth-order valence-electron chi connectivity index (χ4n) is 2.62. The van der Waals surface area contributed by atoms with Gasteiger partial charge in [-0.05, 0) is 12.1 Å².